The van der Waals surface area contributed by atoms with E-state index in [4.69, 9.17) is 9.84 Å². The molecule has 0 rings (SSSR count). The number of rotatable bonds is 22. The first-order valence-corrected chi connectivity index (χ1v) is 12.2. The van der Waals surface area contributed by atoms with Crippen molar-refractivity contribution in [2.45, 2.75) is 129 Å². The monoisotopic (exact) mass is 396 g/mol. The van der Waals surface area contributed by atoms with E-state index in [0.29, 0.717) is 19.4 Å². The zero-order valence-electron chi connectivity index (χ0n) is 18.8. The van der Waals surface area contributed by atoms with E-state index in [-0.39, 0.29) is 12.6 Å². The Morgan fingerprint density at radius 2 is 1.14 bits per heavy atom. The number of aliphatic hydroxyl groups is 1. The van der Waals surface area contributed by atoms with Crippen LogP contribution in [-0.4, -0.2) is 24.3 Å². The van der Waals surface area contributed by atoms with E-state index in [9.17, 15) is 4.79 Å². The second-order valence-corrected chi connectivity index (χ2v) is 8.05. The van der Waals surface area contributed by atoms with Crippen molar-refractivity contribution in [3.05, 3.63) is 12.2 Å². The van der Waals surface area contributed by atoms with Gasteiger partial charge in [0, 0.05) is 19.4 Å². The van der Waals surface area contributed by atoms with E-state index in [1.807, 2.05) is 0 Å². The van der Waals surface area contributed by atoms with Gasteiger partial charge < -0.3 is 9.84 Å². The molecule has 3 heteroatoms. The van der Waals surface area contributed by atoms with Crippen molar-refractivity contribution in [3.63, 3.8) is 0 Å². The van der Waals surface area contributed by atoms with E-state index < -0.39 is 0 Å². The average molecular weight is 397 g/mol. The highest BCUT2D eigenvalue weighted by atomic mass is 16.5. The maximum atomic E-state index is 11.4. The van der Waals surface area contributed by atoms with Gasteiger partial charge in [-0.3, -0.25) is 4.79 Å². The fraction of sp³-hybridized carbons (Fsp3) is 0.880. The molecular formula is C25H48O3. The zero-order chi connectivity index (χ0) is 20.5. The van der Waals surface area contributed by atoms with Gasteiger partial charge in [0.1, 0.15) is 0 Å². The zero-order valence-corrected chi connectivity index (χ0v) is 18.8. The van der Waals surface area contributed by atoms with Gasteiger partial charge >= 0.3 is 5.97 Å². The third-order valence-corrected chi connectivity index (χ3v) is 5.21. The van der Waals surface area contributed by atoms with E-state index >= 15 is 0 Å². The molecule has 166 valence electrons. The molecule has 0 radical (unpaired) electrons. The molecule has 0 saturated carbocycles. The largest absolute Gasteiger partial charge is 0.466 e. The number of ether oxygens (including phenoxy) is 1. The summed E-state index contributed by atoms with van der Waals surface area (Å²) in [6.07, 6.45) is 28.0. The van der Waals surface area contributed by atoms with Crippen LogP contribution >= 0.6 is 0 Å². The van der Waals surface area contributed by atoms with Gasteiger partial charge in [0.2, 0.25) is 0 Å². The highest BCUT2D eigenvalue weighted by molar-refractivity contribution is 5.69. The Bertz CT molecular complexity index is 339. The van der Waals surface area contributed by atoms with Crippen LogP contribution in [0, 0.1) is 0 Å². The van der Waals surface area contributed by atoms with E-state index in [0.717, 1.165) is 12.8 Å². The van der Waals surface area contributed by atoms with Crippen molar-refractivity contribution in [1.29, 1.82) is 0 Å². The lowest BCUT2D eigenvalue weighted by Crippen LogP contribution is -2.06. The molecule has 3 nitrogen and oxygen atoms in total. The molecule has 0 aromatic carbocycles. The van der Waals surface area contributed by atoms with Crippen molar-refractivity contribution in [2.24, 2.45) is 0 Å². The lowest BCUT2D eigenvalue weighted by Gasteiger charge is -2.04. The summed E-state index contributed by atoms with van der Waals surface area (Å²) >= 11 is 0. The number of carbonyl (C=O) groups excluding carboxylic acids is 1. The van der Waals surface area contributed by atoms with E-state index in [1.165, 1.54) is 96.3 Å². The molecule has 0 aromatic heterocycles. The third-order valence-electron chi connectivity index (χ3n) is 5.21. The van der Waals surface area contributed by atoms with Gasteiger partial charge in [-0.25, -0.2) is 0 Å². The Morgan fingerprint density at radius 1 is 0.679 bits per heavy atom. The molecule has 0 amide bonds. The first-order chi connectivity index (χ1) is 13.8. The topological polar surface area (TPSA) is 46.5 Å². The van der Waals surface area contributed by atoms with E-state index in [1.54, 1.807) is 0 Å². The van der Waals surface area contributed by atoms with Crippen molar-refractivity contribution in [2.75, 3.05) is 13.2 Å². The van der Waals surface area contributed by atoms with Crippen LogP contribution in [0.4, 0.5) is 0 Å². The molecule has 0 heterocycles. The molecule has 28 heavy (non-hydrogen) atoms. The summed E-state index contributed by atoms with van der Waals surface area (Å²) in [6, 6.07) is 0. The van der Waals surface area contributed by atoms with Gasteiger partial charge in [-0.15, -0.1) is 0 Å². The van der Waals surface area contributed by atoms with Gasteiger partial charge in [-0.1, -0.05) is 96.1 Å². The molecule has 0 saturated heterocycles. The van der Waals surface area contributed by atoms with Crippen molar-refractivity contribution in [3.8, 4) is 0 Å². The Hall–Kier alpha value is -0.830. The number of hydrogen-bond acceptors (Lipinski definition) is 3. The van der Waals surface area contributed by atoms with Gasteiger partial charge in [0.05, 0.1) is 6.61 Å². The summed E-state index contributed by atoms with van der Waals surface area (Å²) in [4.78, 5) is 11.4. The van der Waals surface area contributed by atoms with Crippen LogP contribution in [0.25, 0.3) is 0 Å². The molecule has 0 spiro atoms. The Balaban J connectivity index is 3.13. The van der Waals surface area contributed by atoms with Crippen molar-refractivity contribution < 1.29 is 14.6 Å². The Kier molecular flexibility index (Phi) is 23.5. The number of esters is 1. The maximum absolute atomic E-state index is 11.4. The molecular weight excluding hydrogens is 348 g/mol. The summed E-state index contributed by atoms with van der Waals surface area (Å²) in [5.41, 5.74) is 0. The minimum Gasteiger partial charge on any atom is -0.466 e. The number of hydrogen-bond donors (Lipinski definition) is 1. The van der Waals surface area contributed by atoms with Crippen molar-refractivity contribution >= 4 is 5.97 Å². The van der Waals surface area contributed by atoms with Crippen LogP contribution in [0.15, 0.2) is 12.2 Å². The van der Waals surface area contributed by atoms with Crippen molar-refractivity contribution in [1.82, 2.24) is 0 Å². The summed E-state index contributed by atoms with van der Waals surface area (Å²) in [6.45, 7) is 2.71. The van der Waals surface area contributed by atoms with Crippen LogP contribution < -0.4 is 0 Å². The van der Waals surface area contributed by atoms with E-state index in [2.05, 4.69) is 19.1 Å². The minimum absolute atomic E-state index is 0.0865. The first-order valence-electron chi connectivity index (χ1n) is 12.2. The Labute approximate surface area is 175 Å². The second kappa shape index (κ2) is 24.2. The van der Waals surface area contributed by atoms with Gasteiger partial charge in [-0.2, -0.15) is 0 Å². The minimum atomic E-state index is -0.116. The lowest BCUT2D eigenvalue weighted by atomic mass is 10.1. The molecule has 0 aliphatic heterocycles. The normalized spacial score (nSPS) is 11.4. The quantitative estimate of drug-likeness (QED) is 0.117. The summed E-state index contributed by atoms with van der Waals surface area (Å²) in [7, 11) is 0. The average Bonchev–Trinajstić information content (AvgIpc) is 2.70. The SMILES string of the molecule is CCCCCCCCC=CCCCCCCCCCCCC(=O)OCCCO. The van der Waals surface area contributed by atoms with Gasteiger partial charge in [-0.05, 0) is 32.1 Å². The lowest BCUT2D eigenvalue weighted by molar-refractivity contribution is -0.144. The first kappa shape index (κ1) is 27.2. The summed E-state index contributed by atoms with van der Waals surface area (Å²) < 4.78 is 5.02. The smallest absolute Gasteiger partial charge is 0.305 e. The van der Waals surface area contributed by atoms with Crippen LogP contribution in [0.5, 0.6) is 0 Å². The molecule has 0 fully saturated rings. The molecule has 1 N–H and O–H groups in total. The molecule has 0 unspecified atom stereocenters. The Morgan fingerprint density at radius 3 is 1.64 bits per heavy atom. The van der Waals surface area contributed by atoms with Gasteiger partial charge in [0.25, 0.3) is 0 Å². The van der Waals surface area contributed by atoms with Gasteiger partial charge in [0.15, 0.2) is 0 Å². The maximum Gasteiger partial charge on any atom is 0.305 e. The predicted molar refractivity (Wildman–Crippen MR) is 121 cm³/mol. The molecule has 0 aliphatic rings. The number of allylic oxidation sites excluding steroid dienone is 2. The molecule has 0 aromatic rings. The van der Waals surface area contributed by atoms with Crippen LogP contribution in [0.2, 0.25) is 0 Å². The summed E-state index contributed by atoms with van der Waals surface area (Å²) in [5.74, 6) is -0.116. The molecule has 0 bridgehead atoms. The summed E-state index contributed by atoms with van der Waals surface area (Å²) in [5, 5.41) is 8.63. The standard InChI is InChI=1S/C25H48O3/c1-2-3-4-5-6-7-8-9-10-11-12-13-14-15-16-17-18-19-20-22-25(27)28-24-21-23-26/h9-10,26H,2-8,11-24H2,1H3. The molecule has 0 aliphatic carbocycles. The number of aliphatic hydroxyl groups excluding tert-OH is 1. The second-order valence-electron chi connectivity index (χ2n) is 8.05. The molecule has 0 atom stereocenters. The third kappa shape index (κ3) is 23.2. The number of unbranched alkanes of at least 4 members (excludes halogenated alkanes) is 15. The van der Waals surface area contributed by atoms with Crippen LogP contribution in [0.3, 0.4) is 0 Å². The van der Waals surface area contributed by atoms with Crippen LogP contribution in [-0.2, 0) is 9.53 Å². The highest BCUT2D eigenvalue weighted by Crippen LogP contribution is 2.12. The van der Waals surface area contributed by atoms with Crippen LogP contribution in [0.1, 0.15) is 129 Å². The predicted octanol–water partition coefficient (Wildman–Crippen LogP) is 7.51. The fourth-order valence-electron chi connectivity index (χ4n) is 3.37. The highest BCUT2D eigenvalue weighted by Gasteiger charge is 2.01. The fourth-order valence-corrected chi connectivity index (χ4v) is 3.37. The number of carbonyl (C=O) groups is 1.